The third-order valence-electron chi connectivity index (χ3n) is 3.31. The van der Waals surface area contributed by atoms with Gasteiger partial charge in [-0.3, -0.25) is 4.79 Å². The highest BCUT2D eigenvalue weighted by Crippen LogP contribution is 2.18. The van der Waals surface area contributed by atoms with Gasteiger partial charge in [0.1, 0.15) is 9.84 Å². The molecule has 0 bridgehead atoms. The Morgan fingerprint density at radius 1 is 1.15 bits per heavy atom. The van der Waals surface area contributed by atoms with E-state index in [4.69, 9.17) is 5.11 Å². The van der Waals surface area contributed by atoms with Crippen LogP contribution in [0.5, 0.6) is 0 Å². The molecule has 0 radical (unpaired) electrons. The Kier molecular flexibility index (Phi) is 6.41. The Morgan fingerprint density at radius 2 is 1.75 bits per heavy atom. The van der Waals surface area contributed by atoms with E-state index in [1.165, 1.54) is 0 Å². The maximum atomic E-state index is 11.9. The van der Waals surface area contributed by atoms with Crippen LogP contribution in [0.15, 0.2) is 0 Å². The lowest BCUT2D eigenvalue weighted by Crippen LogP contribution is -2.40. The Hall–Kier alpha value is -0.670. The summed E-state index contributed by atoms with van der Waals surface area (Å²) in [5, 5.41) is 7.82. The predicted octanol–water partition coefficient (Wildman–Crippen LogP) is 0.128. The van der Waals surface area contributed by atoms with Crippen LogP contribution >= 0.6 is 0 Å². The maximum absolute atomic E-state index is 11.9. The van der Waals surface area contributed by atoms with Gasteiger partial charge in [0, 0.05) is 13.0 Å². The number of carbonyl (C=O) groups is 1. The minimum atomic E-state index is -3.47. The fraction of sp³-hybridized carbons (Fsp3) is 0.909. The Labute approximate surface area is 119 Å². The van der Waals surface area contributed by atoms with E-state index >= 15 is 0 Å². The van der Waals surface area contributed by atoms with E-state index in [2.05, 4.69) is 4.72 Å². The van der Waals surface area contributed by atoms with Gasteiger partial charge >= 0.3 is 5.97 Å². The zero-order chi connectivity index (χ0) is 15.2. The number of sulfone groups is 1. The van der Waals surface area contributed by atoms with Gasteiger partial charge in [-0.1, -0.05) is 6.42 Å². The van der Waals surface area contributed by atoms with Gasteiger partial charge in [-0.15, -0.1) is 0 Å². The van der Waals surface area contributed by atoms with Gasteiger partial charge in [0.15, 0.2) is 0 Å². The van der Waals surface area contributed by atoms with E-state index in [0.717, 1.165) is 0 Å². The lowest BCUT2D eigenvalue weighted by molar-refractivity contribution is -0.137. The van der Waals surface area contributed by atoms with Crippen molar-refractivity contribution in [2.24, 2.45) is 0 Å². The standard InChI is InChI=1S/C11H21NO6S2/c13-11(14)4-2-1-3-7-12-20(17,18)10-5-8-19(15,16)9-6-10/h10,12H,1-9H2,(H,13,14). The van der Waals surface area contributed by atoms with Crippen molar-refractivity contribution < 1.29 is 26.7 Å². The molecule has 1 saturated heterocycles. The van der Waals surface area contributed by atoms with Crippen molar-refractivity contribution in [2.45, 2.75) is 43.8 Å². The molecule has 20 heavy (non-hydrogen) atoms. The molecule has 0 unspecified atom stereocenters. The molecule has 0 aliphatic carbocycles. The number of unbranched alkanes of at least 4 members (excludes halogenated alkanes) is 2. The SMILES string of the molecule is O=C(O)CCCCCNS(=O)(=O)C1CCS(=O)(=O)CC1. The summed E-state index contributed by atoms with van der Waals surface area (Å²) in [6, 6.07) is 0. The molecule has 0 saturated carbocycles. The maximum Gasteiger partial charge on any atom is 0.303 e. The normalized spacial score (nSPS) is 19.8. The van der Waals surface area contributed by atoms with Crippen LogP contribution < -0.4 is 4.72 Å². The Morgan fingerprint density at radius 3 is 2.30 bits per heavy atom. The molecule has 1 aliphatic heterocycles. The number of sulfonamides is 1. The van der Waals surface area contributed by atoms with Crippen molar-refractivity contribution >= 4 is 25.8 Å². The van der Waals surface area contributed by atoms with Gasteiger partial charge in [0.2, 0.25) is 10.0 Å². The molecule has 1 rings (SSSR count). The van der Waals surface area contributed by atoms with E-state index in [0.29, 0.717) is 19.3 Å². The van der Waals surface area contributed by atoms with Crippen molar-refractivity contribution in [3.05, 3.63) is 0 Å². The summed E-state index contributed by atoms with van der Waals surface area (Å²) in [5.74, 6) is -0.997. The fourth-order valence-corrected chi connectivity index (χ4v) is 5.40. The molecule has 0 aromatic carbocycles. The van der Waals surface area contributed by atoms with Crippen LogP contribution in [-0.4, -0.2) is 51.2 Å². The topological polar surface area (TPSA) is 118 Å². The number of carboxylic acids is 1. The predicted molar refractivity (Wildman–Crippen MR) is 74.7 cm³/mol. The summed E-state index contributed by atoms with van der Waals surface area (Å²) in [7, 11) is -6.53. The van der Waals surface area contributed by atoms with Gasteiger partial charge in [0.05, 0.1) is 16.8 Å². The van der Waals surface area contributed by atoms with E-state index in [9.17, 15) is 21.6 Å². The van der Waals surface area contributed by atoms with Crippen LogP contribution in [0.1, 0.15) is 38.5 Å². The average molecular weight is 327 g/mol. The molecule has 7 nitrogen and oxygen atoms in total. The van der Waals surface area contributed by atoms with Gasteiger partial charge in [-0.05, 0) is 25.7 Å². The molecule has 9 heteroatoms. The monoisotopic (exact) mass is 327 g/mol. The molecule has 118 valence electrons. The first-order valence-electron chi connectivity index (χ1n) is 6.64. The summed E-state index contributed by atoms with van der Waals surface area (Å²) in [6.07, 6.45) is 2.14. The molecule has 1 fully saturated rings. The second-order valence-corrected chi connectivity index (χ2v) is 9.34. The van der Waals surface area contributed by atoms with Crippen molar-refractivity contribution in [3.8, 4) is 0 Å². The van der Waals surface area contributed by atoms with Crippen LogP contribution in [0.2, 0.25) is 0 Å². The second-order valence-electron chi connectivity index (χ2n) is 4.99. The summed E-state index contributed by atoms with van der Waals surface area (Å²) in [5.41, 5.74) is 0. The largest absolute Gasteiger partial charge is 0.481 e. The first-order valence-corrected chi connectivity index (χ1v) is 10.0. The van der Waals surface area contributed by atoms with Crippen LogP contribution in [0, 0.1) is 0 Å². The third-order valence-corrected chi connectivity index (χ3v) is 6.98. The highest BCUT2D eigenvalue weighted by Gasteiger charge is 2.32. The third kappa shape index (κ3) is 6.19. The van der Waals surface area contributed by atoms with E-state index in [1.807, 2.05) is 0 Å². The van der Waals surface area contributed by atoms with E-state index in [-0.39, 0.29) is 37.3 Å². The number of aliphatic carboxylic acids is 1. The van der Waals surface area contributed by atoms with Crippen LogP contribution in [-0.2, 0) is 24.7 Å². The molecule has 0 aromatic heterocycles. The summed E-state index contributed by atoms with van der Waals surface area (Å²) < 4.78 is 48.8. The Balaban J connectivity index is 2.27. The first-order chi connectivity index (χ1) is 9.23. The van der Waals surface area contributed by atoms with Gasteiger partial charge in [0.25, 0.3) is 0 Å². The highest BCUT2D eigenvalue weighted by molar-refractivity contribution is 7.92. The minimum Gasteiger partial charge on any atom is -0.481 e. The van der Waals surface area contributed by atoms with Crippen molar-refractivity contribution in [1.29, 1.82) is 0 Å². The van der Waals surface area contributed by atoms with Gasteiger partial charge < -0.3 is 5.11 Å². The quantitative estimate of drug-likeness (QED) is 0.612. The van der Waals surface area contributed by atoms with Crippen LogP contribution in [0.25, 0.3) is 0 Å². The van der Waals surface area contributed by atoms with Crippen LogP contribution in [0.3, 0.4) is 0 Å². The zero-order valence-electron chi connectivity index (χ0n) is 11.2. The molecule has 1 aliphatic rings. The average Bonchev–Trinajstić information content (AvgIpc) is 2.32. The van der Waals surface area contributed by atoms with Gasteiger partial charge in [-0.25, -0.2) is 21.6 Å². The summed E-state index contributed by atoms with van der Waals surface area (Å²) >= 11 is 0. The molecule has 2 N–H and O–H groups in total. The van der Waals surface area contributed by atoms with Gasteiger partial charge in [-0.2, -0.15) is 0 Å². The minimum absolute atomic E-state index is 0.0722. The van der Waals surface area contributed by atoms with Crippen molar-refractivity contribution in [2.75, 3.05) is 18.1 Å². The van der Waals surface area contributed by atoms with E-state index < -0.39 is 31.1 Å². The van der Waals surface area contributed by atoms with E-state index in [1.54, 1.807) is 0 Å². The molecule has 0 atom stereocenters. The number of nitrogens with one attached hydrogen (secondary N) is 1. The molecular formula is C11H21NO6S2. The second kappa shape index (κ2) is 7.37. The number of hydrogen-bond donors (Lipinski definition) is 2. The molecular weight excluding hydrogens is 306 g/mol. The fourth-order valence-electron chi connectivity index (χ4n) is 2.09. The number of hydrogen-bond acceptors (Lipinski definition) is 5. The summed E-state index contributed by atoms with van der Waals surface area (Å²) in [4.78, 5) is 10.3. The lowest BCUT2D eigenvalue weighted by atomic mass is 10.2. The first kappa shape index (κ1) is 17.4. The molecule has 0 aromatic rings. The summed E-state index contributed by atoms with van der Waals surface area (Å²) in [6.45, 7) is 0.269. The molecule has 1 heterocycles. The number of rotatable bonds is 8. The van der Waals surface area contributed by atoms with Crippen molar-refractivity contribution in [3.63, 3.8) is 0 Å². The van der Waals surface area contributed by atoms with Crippen LogP contribution in [0.4, 0.5) is 0 Å². The number of carboxylic acid groups (broad SMARTS) is 1. The molecule has 0 amide bonds. The lowest BCUT2D eigenvalue weighted by Gasteiger charge is -2.22. The molecule has 0 spiro atoms. The van der Waals surface area contributed by atoms with Crippen molar-refractivity contribution in [1.82, 2.24) is 4.72 Å². The smallest absolute Gasteiger partial charge is 0.303 e. The highest BCUT2D eigenvalue weighted by atomic mass is 32.2. The Bertz CT molecular complexity index is 511. The zero-order valence-corrected chi connectivity index (χ0v) is 12.9.